The number of nitrogens with one attached hydrogen (secondary N) is 1. The van der Waals surface area contributed by atoms with Crippen LogP contribution in [0.1, 0.15) is 39.7 Å². The fourth-order valence-electron chi connectivity index (χ4n) is 4.28. The van der Waals surface area contributed by atoms with Crippen LogP contribution in [0.3, 0.4) is 0 Å². The Labute approximate surface area is 233 Å². The highest BCUT2D eigenvalue weighted by molar-refractivity contribution is 7.99. The van der Waals surface area contributed by atoms with Crippen LogP contribution in [0.4, 0.5) is 20.2 Å². The summed E-state index contributed by atoms with van der Waals surface area (Å²) in [6.07, 6.45) is 1.99. The van der Waals surface area contributed by atoms with E-state index in [1.54, 1.807) is 60.7 Å². The maximum atomic E-state index is 13.2. The highest BCUT2D eigenvalue weighted by Crippen LogP contribution is 2.33. The third kappa shape index (κ3) is 6.40. The monoisotopic (exact) mass is 561 g/mol. The standard InChI is InChI=1S/C30H25F2N3O4S/c1-19-8-10-20(11-9-19)25-17-26(27-7-4-16-38-27)35(34-25)28(36)18-39-29(37)23-5-2-3-6-24(23)33-21-12-14-22(15-13-21)40-30(31)32/h2-16,26,30,33H,17-18H2,1H3/t26-/m1/s1. The summed E-state index contributed by atoms with van der Waals surface area (Å²) in [5.41, 5.74) is 4.01. The van der Waals surface area contributed by atoms with Gasteiger partial charge in [-0.15, -0.1) is 0 Å². The highest BCUT2D eigenvalue weighted by atomic mass is 32.2. The van der Waals surface area contributed by atoms with Gasteiger partial charge in [0.25, 0.3) is 11.7 Å². The number of furan rings is 1. The van der Waals surface area contributed by atoms with Gasteiger partial charge >= 0.3 is 5.97 Å². The highest BCUT2D eigenvalue weighted by Gasteiger charge is 2.35. The molecule has 0 radical (unpaired) electrons. The Hall–Kier alpha value is -4.44. The first-order chi connectivity index (χ1) is 19.4. The van der Waals surface area contributed by atoms with E-state index in [0.29, 0.717) is 40.2 Å². The number of esters is 1. The second kappa shape index (κ2) is 12.2. The number of alkyl halides is 2. The smallest absolute Gasteiger partial charge is 0.340 e. The van der Waals surface area contributed by atoms with E-state index in [-0.39, 0.29) is 5.56 Å². The van der Waals surface area contributed by atoms with E-state index >= 15 is 0 Å². The Morgan fingerprint density at radius 2 is 1.80 bits per heavy atom. The largest absolute Gasteiger partial charge is 0.467 e. The van der Waals surface area contributed by atoms with Crippen LogP contribution in [0.15, 0.2) is 106 Å². The molecule has 204 valence electrons. The van der Waals surface area contributed by atoms with Gasteiger partial charge in [0.2, 0.25) is 0 Å². The molecule has 0 fully saturated rings. The van der Waals surface area contributed by atoms with Crippen molar-refractivity contribution in [2.45, 2.75) is 30.0 Å². The number of amides is 1. The molecule has 0 aliphatic carbocycles. The van der Waals surface area contributed by atoms with Gasteiger partial charge in [-0.3, -0.25) is 4.79 Å². The van der Waals surface area contributed by atoms with Crippen molar-refractivity contribution in [2.75, 3.05) is 11.9 Å². The number of para-hydroxylation sites is 1. The summed E-state index contributed by atoms with van der Waals surface area (Å²) >= 11 is 0.453. The van der Waals surface area contributed by atoms with Crippen molar-refractivity contribution in [3.63, 3.8) is 0 Å². The van der Waals surface area contributed by atoms with Crippen molar-refractivity contribution < 1.29 is 27.5 Å². The molecule has 1 aliphatic rings. The lowest BCUT2D eigenvalue weighted by Crippen LogP contribution is -2.31. The van der Waals surface area contributed by atoms with Gasteiger partial charge in [-0.2, -0.15) is 13.9 Å². The number of anilines is 2. The predicted molar refractivity (Wildman–Crippen MR) is 149 cm³/mol. The minimum absolute atomic E-state index is 0.217. The van der Waals surface area contributed by atoms with E-state index in [4.69, 9.17) is 9.15 Å². The van der Waals surface area contributed by atoms with Gasteiger partial charge in [0.1, 0.15) is 11.8 Å². The number of nitrogens with zero attached hydrogens (tertiary/aromatic N) is 2. The van der Waals surface area contributed by atoms with Crippen LogP contribution in [0.25, 0.3) is 0 Å². The molecule has 1 atom stereocenters. The molecule has 2 heterocycles. The van der Waals surface area contributed by atoms with Crippen LogP contribution < -0.4 is 5.32 Å². The van der Waals surface area contributed by atoms with Crippen LogP contribution in [-0.2, 0) is 9.53 Å². The quantitative estimate of drug-likeness (QED) is 0.172. The molecule has 7 nitrogen and oxygen atoms in total. The molecular weight excluding hydrogens is 536 g/mol. The Morgan fingerprint density at radius 1 is 1.05 bits per heavy atom. The number of carbonyl (C=O) groups excluding carboxylic acids is 2. The minimum atomic E-state index is -2.51. The fourth-order valence-corrected chi connectivity index (χ4v) is 4.78. The van der Waals surface area contributed by atoms with E-state index < -0.39 is 30.3 Å². The van der Waals surface area contributed by atoms with E-state index in [1.807, 2.05) is 31.2 Å². The molecule has 0 saturated carbocycles. The SMILES string of the molecule is Cc1ccc(C2=NN(C(=O)COC(=O)c3ccccc3Nc3ccc(SC(F)F)cc3)[C@@H](c3ccco3)C2)cc1. The number of carbonyl (C=O) groups is 2. The molecular formula is C30H25F2N3O4S. The molecule has 0 unspecified atom stereocenters. The number of hydrogen-bond acceptors (Lipinski definition) is 7. The predicted octanol–water partition coefficient (Wildman–Crippen LogP) is 7.18. The number of thioether (sulfide) groups is 1. The molecule has 40 heavy (non-hydrogen) atoms. The van der Waals surface area contributed by atoms with Crippen molar-refractivity contribution in [3.8, 4) is 0 Å². The molecule has 0 bridgehead atoms. The molecule has 1 aromatic heterocycles. The maximum absolute atomic E-state index is 13.2. The Bertz CT molecular complexity index is 1510. The Balaban J connectivity index is 1.28. The van der Waals surface area contributed by atoms with Crippen LogP contribution in [0.5, 0.6) is 0 Å². The Kier molecular flexibility index (Phi) is 8.26. The molecule has 10 heteroatoms. The molecule has 0 saturated heterocycles. The van der Waals surface area contributed by atoms with Crippen LogP contribution in [-0.4, -0.2) is 35.0 Å². The first kappa shape index (κ1) is 27.1. The third-order valence-corrected chi connectivity index (χ3v) is 6.98. The van der Waals surface area contributed by atoms with Crippen molar-refractivity contribution >= 4 is 40.7 Å². The summed E-state index contributed by atoms with van der Waals surface area (Å²) in [7, 11) is 0. The number of rotatable bonds is 9. The zero-order valence-electron chi connectivity index (χ0n) is 21.4. The number of ether oxygens (including phenoxy) is 1. The number of halogens is 2. The maximum Gasteiger partial charge on any atom is 0.340 e. The van der Waals surface area contributed by atoms with Gasteiger partial charge < -0.3 is 14.5 Å². The van der Waals surface area contributed by atoms with E-state index in [0.717, 1.165) is 16.8 Å². The third-order valence-electron chi connectivity index (χ3n) is 6.25. The summed E-state index contributed by atoms with van der Waals surface area (Å²) in [6, 6.07) is 24.0. The summed E-state index contributed by atoms with van der Waals surface area (Å²) in [5, 5.41) is 8.98. The van der Waals surface area contributed by atoms with E-state index in [1.165, 1.54) is 11.3 Å². The summed E-state index contributed by atoms with van der Waals surface area (Å²) < 4.78 is 36.2. The van der Waals surface area contributed by atoms with Gasteiger partial charge in [-0.1, -0.05) is 53.7 Å². The van der Waals surface area contributed by atoms with Crippen LogP contribution >= 0.6 is 11.8 Å². The number of hydrogen-bond donors (Lipinski definition) is 1. The lowest BCUT2D eigenvalue weighted by molar-refractivity contribution is -0.136. The lowest BCUT2D eigenvalue weighted by Gasteiger charge is -2.20. The first-order valence-corrected chi connectivity index (χ1v) is 13.3. The average Bonchev–Trinajstić information content (AvgIpc) is 3.64. The topological polar surface area (TPSA) is 84.1 Å². The number of hydrazone groups is 1. The fraction of sp³-hybridized carbons (Fsp3) is 0.167. The first-order valence-electron chi connectivity index (χ1n) is 12.5. The van der Waals surface area contributed by atoms with Gasteiger partial charge in [-0.25, -0.2) is 9.80 Å². The zero-order chi connectivity index (χ0) is 28.1. The van der Waals surface area contributed by atoms with Gasteiger partial charge in [-0.05, 0) is 61.0 Å². The van der Waals surface area contributed by atoms with Gasteiger partial charge in [0.15, 0.2) is 6.61 Å². The second-order valence-electron chi connectivity index (χ2n) is 9.04. The number of aryl methyl sites for hydroxylation is 1. The van der Waals surface area contributed by atoms with Gasteiger partial charge in [0, 0.05) is 17.0 Å². The van der Waals surface area contributed by atoms with E-state index in [9.17, 15) is 18.4 Å². The number of benzene rings is 3. The summed E-state index contributed by atoms with van der Waals surface area (Å²) in [4.78, 5) is 26.7. The van der Waals surface area contributed by atoms with Crippen molar-refractivity contribution in [1.82, 2.24) is 5.01 Å². The molecule has 1 aliphatic heterocycles. The van der Waals surface area contributed by atoms with Crippen molar-refractivity contribution in [3.05, 3.63) is 114 Å². The molecule has 1 N–H and O–H groups in total. The molecule has 3 aromatic carbocycles. The van der Waals surface area contributed by atoms with Crippen molar-refractivity contribution in [2.24, 2.45) is 5.10 Å². The van der Waals surface area contributed by atoms with Crippen LogP contribution in [0, 0.1) is 6.92 Å². The normalized spacial score (nSPS) is 14.8. The molecule has 0 spiro atoms. The minimum Gasteiger partial charge on any atom is -0.467 e. The summed E-state index contributed by atoms with van der Waals surface area (Å²) in [6.45, 7) is 1.48. The molecule has 1 amide bonds. The van der Waals surface area contributed by atoms with Crippen LogP contribution in [0.2, 0.25) is 0 Å². The summed E-state index contributed by atoms with van der Waals surface area (Å²) in [5.74, 6) is -3.11. The lowest BCUT2D eigenvalue weighted by atomic mass is 10.0. The van der Waals surface area contributed by atoms with Crippen molar-refractivity contribution in [1.29, 1.82) is 0 Å². The second-order valence-corrected chi connectivity index (χ2v) is 10.1. The molecule has 5 rings (SSSR count). The Morgan fingerprint density at radius 3 is 2.50 bits per heavy atom. The van der Waals surface area contributed by atoms with E-state index in [2.05, 4.69) is 10.4 Å². The van der Waals surface area contributed by atoms with Gasteiger partial charge in [0.05, 0.1) is 23.2 Å². The molecule has 4 aromatic rings. The zero-order valence-corrected chi connectivity index (χ0v) is 22.2. The average molecular weight is 562 g/mol.